The number of benzene rings is 2. The zero-order valence-corrected chi connectivity index (χ0v) is 11.5. The molecule has 0 saturated carbocycles. The van der Waals surface area contributed by atoms with Gasteiger partial charge in [-0.05, 0) is 49.2 Å². The Labute approximate surface area is 117 Å². The molecule has 2 rings (SSSR count). The summed E-state index contributed by atoms with van der Waals surface area (Å²) in [5, 5.41) is 2.88. The lowest BCUT2D eigenvalue weighted by molar-refractivity contribution is 0.0939. The van der Waals surface area contributed by atoms with Crippen LogP contribution in [-0.4, -0.2) is 5.91 Å². The highest BCUT2D eigenvalue weighted by molar-refractivity contribution is 5.96. The molecule has 1 atom stereocenters. The molecule has 2 aromatic carbocycles. The van der Waals surface area contributed by atoms with Gasteiger partial charge in [0.1, 0.15) is 5.82 Å². The van der Waals surface area contributed by atoms with Gasteiger partial charge in [0.25, 0.3) is 5.91 Å². The second-order valence-electron chi connectivity index (χ2n) is 4.82. The molecule has 0 heterocycles. The van der Waals surface area contributed by atoms with Crippen LogP contribution in [0.5, 0.6) is 0 Å². The third kappa shape index (κ3) is 3.15. The average Bonchev–Trinajstić information content (AvgIpc) is 2.42. The van der Waals surface area contributed by atoms with Crippen LogP contribution in [0.15, 0.2) is 42.5 Å². The number of nitrogens with two attached hydrogens (primary N) is 1. The summed E-state index contributed by atoms with van der Waals surface area (Å²) in [4.78, 5) is 12.2. The summed E-state index contributed by atoms with van der Waals surface area (Å²) in [6.45, 7) is 3.71. The van der Waals surface area contributed by atoms with Crippen molar-refractivity contribution in [3.05, 3.63) is 65.0 Å². The Morgan fingerprint density at radius 1 is 1.20 bits per heavy atom. The zero-order chi connectivity index (χ0) is 14.7. The number of rotatable bonds is 3. The van der Waals surface area contributed by atoms with Crippen LogP contribution in [0.3, 0.4) is 0 Å². The number of aryl methyl sites for hydroxylation is 1. The molecule has 3 N–H and O–H groups in total. The van der Waals surface area contributed by atoms with Crippen molar-refractivity contribution >= 4 is 11.6 Å². The first-order chi connectivity index (χ1) is 9.47. The molecule has 1 amide bonds. The predicted molar refractivity (Wildman–Crippen MR) is 77.9 cm³/mol. The first-order valence-corrected chi connectivity index (χ1v) is 6.40. The molecule has 4 heteroatoms. The van der Waals surface area contributed by atoms with E-state index in [1.165, 1.54) is 12.1 Å². The molecule has 1 unspecified atom stereocenters. The Kier molecular flexibility index (Phi) is 4.03. The van der Waals surface area contributed by atoms with Crippen molar-refractivity contribution in [1.29, 1.82) is 0 Å². The van der Waals surface area contributed by atoms with E-state index >= 15 is 0 Å². The van der Waals surface area contributed by atoms with E-state index in [0.29, 0.717) is 11.3 Å². The van der Waals surface area contributed by atoms with E-state index in [4.69, 9.17) is 5.73 Å². The molecule has 104 valence electrons. The van der Waals surface area contributed by atoms with E-state index < -0.39 is 0 Å². The monoisotopic (exact) mass is 272 g/mol. The smallest absolute Gasteiger partial charge is 0.252 e. The maximum absolute atomic E-state index is 12.9. The molecule has 0 spiro atoms. The molecule has 2 aromatic rings. The molecule has 0 saturated heterocycles. The minimum atomic E-state index is -0.293. The molecule has 0 aliphatic rings. The van der Waals surface area contributed by atoms with E-state index in [0.717, 1.165) is 11.1 Å². The quantitative estimate of drug-likeness (QED) is 0.843. The van der Waals surface area contributed by atoms with Crippen LogP contribution >= 0.6 is 0 Å². The highest BCUT2D eigenvalue weighted by Crippen LogP contribution is 2.16. The van der Waals surface area contributed by atoms with Gasteiger partial charge in [-0.25, -0.2) is 4.39 Å². The number of carbonyl (C=O) groups is 1. The average molecular weight is 272 g/mol. The van der Waals surface area contributed by atoms with Crippen LogP contribution in [0.25, 0.3) is 0 Å². The Morgan fingerprint density at radius 2 is 1.85 bits per heavy atom. The lowest BCUT2D eigenvalue weighted by Gasteiger charge is -2.15. The Bertz CT molecular complexity index is 623. The summed E-state index contributed by atoms with van der Waals surface area (Å²) in [6.07, 6.45) is 0. The minimum absolute atomic E-state index is 0.188. The summed E-state index contributed by atoms with van der Waals surface area (Å²) in [5.41, 5.74) is 8.52. The van der Waals surface area contributed by atoms with Crippen molar-refractivity contribution in [2.45, 2.75) is 19.9 Å². The second-order valence-corrected chi connectivity index (χ2v) is 4.82. The molecular weight excluding hydrogens is 255 g/mol. The lowest BCUT2D eigenvalue weighted by atomic mass is 10.0. The Hall–Kier alpha value is -2.36. The highest BCUT2D eigenvalue weighted by atomic mass is 19.1. The normalized spacial score (nSPS) is 11.9. The largest absolute Gasteiger partial charge is 0.399 e. The molecule has 0 aliphatic carbocycles. The van der Waals surface area contributed by atoms with Crippen molar-refractivity contribution < 1.29 is 9.18 Å². The first kappa shape index (κ1) is 14.1. The van der Waals surface area contributed by atoms with Gasteiger partial charge in [-0.2, -0.15) is 0 Å². The summed E-state index contributed by atoms with van der Waals surface area (Å²) >= 11 is 0. The van der Waals surface area contributed by atoms with Crippen molar-refractivity contribution in [1.82, 2.24) is 5.32 Å². The molecule has 0 bridgehead atoms. The number of carbonyl (C=O) groups excluding carboxylic acids is 1. The van der Waals surface area contributed by atoms with Crippen molar-refractivity contribution in [3.63, 3.8) is 0 Å². The van der Waals surface area contributed by atoms with Gasteiger partial charge in [0.05, 0.1) is 6.04 Å². The molecular formula is C16H17FN2O. The SMILES string of the molecule is Cc1ccc(N)cc1C(=O)NC(C)c1ccc(F)cc1. The van der Waals surface area contributed by atoms with Gasteiger partial charge < -0.3 is 11.1 Å². The maximum atomic E-state index is 12.9. The fourth-order valence-electron chi connectivity index (χ4n) is 1.99. The fourth-order valence-corrected chi connectivity index (χ4v) is 1.99. The van der Waals surface area contributed by atoms with E-state index in [9.17, 15) is 9.18 Å². The van der Waals surface area contributed by atoms with Crippen LogP contribution < -0.4 is 11.1 Å². The Balaban J connectivity index is 2.15. The van der Waals surface area contributed by atoms with E-state index in [2.05, 4.69) is 5.32 Å². The van der Waals surface area contributed by atoms with Crippen LogP contribution in [0.4, 0.5) is 10.1 Å². The minimum Gasteiger partial charge on any atom is -0.399 e. The summed E-state index contributed by atoms with van der Waals surface area (Å²) in [5.74, 6) is -0.481. The third-order valence-corrected chi connectivity index (χ3v) is 3.22. The standard InChI is InChI=1S/C16H17FN2O/c1-10-3-8-14(18)9-15(10)16(20)19-11(2)12-4-6-13(17)7-5-12/h3-9,11H,18H2,1-2H3,(H,19,20). The van der Waals surface area contributed by atoms with Gasteiger partial charge in [0.15, 0.2) is 0 Å². The number of amides is 1. The third-order valence-electron chi connectivity index (χ3n) is 3.22. The number of anilines is 1. The number of hydrogen-bond acceptors (Lipinski definition) is 2. The maximum Gasteiger partial charge on any atom is 0.252 e. The highest BCUT2D eigenvalue weighted by Gasteiger charge is 2.13. The summed E-state index contributed by atoms with van der Waals surface area (Å²) < 4.78 is 12.9. The number of hydrogen-bond donors (Lipinski definition) is 2. The van der Waals surface area contributed by atoms with Crippen LogP contribution in [0, 0.1) is 12.7 Å². The van der Waals surface area contributed by atoms with Gasteiger partial charge in [-0.1, -0.05) is 18.2 Å². The fraction of sp³-hybridized carbons (Fsp3) is 0.188. The molecule has 0 aromatic heterocycles. The molecule has 0 radical (unpaired) electrons. The van der Waals surface area contributed by atoms with Crippen LogP contribution in [-0.2, 0) is 0 Å². The zero-order valence-electron chi connectivity index (χ0n) is 11.5. The summed E-state index contributed by atoms with van der Waals surface area (Å²) in [7, 11) is 0. The van der Waals surface area contributed by atoms with Gasteiger partial charge in [-0.15, -0.1) is 0 Å². The van der Waals surface area contributed by atoms with E-state index in [-0.39, 0.29) is 17.8 Å². The molecule has 0 fully saturated rings. The molecule has 0 aliphatic heterocycles. The predicted octanol–water partition coefficient (Wildman–Crippen LogP) is 3.21. The number of nitrogens with one attached hydrogen (secondary N) is 1. The number of halogens is 1. The van der Waals surface area contributed by atoms with E-state index in [1.807, 2.05) is 19.9 Å². The van der Waals surface area contributed by atoms with Crippen molar-refractivity contribution in [2.24, 2.45) is 0 Å². The van der Waals surface area contributed by atoms with Gasteiger partial charge >= 0.3 is 0 Å². The Morgan fingerprint density at radius 3 is 2.50 bits per heavy atom. The second kappa shape index (κ2) is 5.74. The van der Waals surface area contributed by atoms with Gasteiger partial charge in [0.2, 0.25) is 0 Å². The summed E-state index contributed by atoms with van der Waals surface area (Å²) in [6, 6.07) is 11.1. The van der Waals surface area contributed by atoms with Crippen molar-refractivity contribution in [3.8, 4) is 0 Å². The molecule has 3 nitrogen and oxygen atoms in total. The van der Waals surface area contributed by atoms with Crippen LogP contribution in [0.2, 0.25) is 0 Å². The van der Waals surface area contributed by atoms with Gasteiger partial charge in [-0.3, -0.25) is 4.79 Å². The first-order valence-electron chi connectivity index (χ1n) is 6.40. The topological polar surface area (TPSA) is 55.1 Å². The molecule has 20 heavy (non-hydrogen) atoms. The number of nitrogen functional groups attached to an aromatic ring is 1. The van der Waals surface area contributed by atoms with E-state index in [1.54, 1.807) is 24.3 Å². The van der Waals surface area contributed by atoms with Gasteiger partial charge in [0, 0.05) is 11.3 Å². The lowest BCUT2D eigenvalue weighted by Crippen LogP contribution is -2.27. The van der Waals surface area contributed by atoms with Crippen LogP contribution in [0.1, 0.15) is 34.5 Å². The van der Waals surface area contributed by atoms with Crippen molar-refractivity contribution in [2.75, 3.05) is 5.73 Å².